The highest BCUT2D eigenvalue weighted by Crippen LogP contribution is 2.31. The number of hydrogen-bond acceptors (Lipinski definition) is 6. The Balaban J connectivity index is 1.40. The predicted octanol–water partition coefficient (Wildman–Crippen LogP) is 3.15. The Morgan fingerprint density at radius 1 is 1.06 bits per heavy atom. The van der Waals surface area contributed by atoms with Gasteiger partial charge in [-0.15, -0.1) is 0 Å². The standard InChI is InChI=1S/C21H25F3N4O3S/c1-14(2)19-10-26-20(11-25-19)31-17-9-16-12-28(8-7-27(16)13-17)32(29,30)18-5-3-15(4-6-18)21(22,23)24/h3-6,10-11,14,16-17H,7-9,12-13H2,1-2H3/t16-,17-/m0/s1. The van der Waals surface area contributed by atoms with Gasteiger partial charge in [-0.25, -0.2) is 13.4 Å². The smallest absolute Gasteiger partial charge is 0.416 e. The number of halogens is 3. The molecule has 2 aliphatic heterocycles. The lowest BCUT2D eigenvalue weighted by molar-refractivity contribution is -0.137. The Bertz CT molecular complexity index is 1040. The van der Waals surface area contributed by atoms with Crippen LogP contribution in [0, 0.1) is 0 Å². The van der Waals surface area contributed by atoms with Crippen molar-refractivity contribution in [3.8, 4) is 5.88 Å². The number of benzene rings is 1. The molecule has 1 aromatic heterocycles. The quantitative estimate of drug-likeness (QED) is 0.669. The summed E-state index contributed by atoms with van der Waals surface area (Å²) in [4.78, 5) is 10.7. The van der Waals surface area contributed by atoms with E-state index in [9.17, 15) is 21.6 Å². The van der Waals surface area contributed by atoms with E-state index in [4.69, 9.17) is 4.74 Å². The maximum atomic E-state index is 13.0. The monoisotopic (exact) mass is 470 g/mol. The molecule has 0 saturated carbocycles. The summed E-state index contributed by atoms with van der Waals surface area (Å²) in [5.74, 6) is 0.711. The first-order valence-corrected chi connectivity index (χ1v) is 11.9. The van der Waals surface area contributed by atoms with Gasteiger partial charge in [-0.3, -0.25) is 9.88 Å². The highest BCUT2D eigenvalue weighted by Gasteiger charge is 2.41. The van der Waals surface area contributed by atoms with Gasteiger partial charge in [-0.2, -0.15) is 17.5 Å². The van der Waals surface area contributed by atoms with Crippen LogP contribution in [0.1, 0.15) is 37.4 Å². The number of hydrogen-bond donors (Lipinski definition) is 0. The fourth-order valence-corrected chi connectivity index (χ4v) is 5.56. The van der Waals surface area contributed by atoms with Crippen molar-refractivity contribution in [1.29, 1.82) is 0 Å². The number of ether oxygens (including phenoxy) is 1. The van der Waals surface area contributed by atoms with Crippen LogP contribution >= 0.6 is 0 Å². The number of piperazine rings is 1. The van der Waals surface area contributed by atoms with Crippen LogP contribution in [0.2, 0.25) is 0 Å². The van der Waals surface area contributed by atoms with Crippen molar-refractivity contribution in [2.45, 2.75) is 49.4 Å². The first-order chi connectivity index (χ1) is 15.0. The molecule has 0 spiro atoms. The number of aromatic nitrogens is 2. The minimum absolute atomic E-state index is 0.0270. The van der Waals surface area contributed by atoms with Gasteiger partial charge < -0.3 is 4.74 Å². The van der Waals surface area contributed by atoms with Gasteiger partial charge >= 0.3 is 6.18 Å². The van der Waals surface area contributed by atoms with Gasteiger partial charge in [0.2, 0.25) is 15.9 Å². The van der Waals surface area contributed by atoms with Gasteiger partial charge in [-0.1, -0.05) is 13.8 Å². The fourth-order valence-electron chi connectivity index (χ4n) is 4.09. The summed E-state index contributed by atoms with van der Waals surface area (Å²) >= 11 is 0. The Hall–Kier alpha value is -2.24. The van der Waals surface area contributed by atoms with Crippen LogP contribution in [0.15, 0.2) is 41.6 Å². The van der Waals surface area contributed by atoms with E-state index < -0.39 is 21.8 Å². The Morgan fingerprint density at radius 2 is 1.78 bits per heavy atom. The topological polar surface area (TPSA) is 75.6 Å². The van der Waals surface area contributed by atoms with Crippen molar-refractivity contribution in [2.24, 2.45) is 0 Å². The van der Waals surface area contributed by atoms with E-state index in [1.54, 1.807) is 12.4 Å². The maximum Gasteiger partial charge on any atom is 0.416 e. The fraction of sp³-hybridized carbons (Fsp3) is 0.524. The van der Waals surface area contributed by atoms with E-state index in [2.05, 4.69) is 14.9 Å². The van der Waals surface area contributed by atoms with Gasteiger partial charge in [0.15, 0.2) is 0 Å². The molecule has 2 fully saturated rings. The lowest BCUT2D eigenvalue weighted by atomic mass is 10.1. The van der Waals surface area contributed by atoms with Crippen LogP contribution in [0.25, 0.3) is 0 Å². The zero-order chi connectivity index (χ0) is 23.1. The minimum Gasteiger partial charge on any atom is -0.472 e. The summed E-state index contributed by atoms with van der Waals surface area (Å²) in [6, 6.07) is 3.61. The molecule has 4 rings (SSSR count). The molecule has 0 amide bonds. The molecule has 3 heterocycles. The summed E-state index contributed by atoms with van der Waals surface area (Å²) in [5, 5.41) is 0. The Labute approximate surface area is 185 Å². The Morgan fingerprint density at radius 3 is 2.38 bits per heavy atom. The van der Waals surface area contributed by atoms with E-state index in [1.165, 1.54) is 4.31 Å². The zero-order valence-electron chi connectivity index (χ0n) is 17.8. The third-order valence-corrected chi connectivity index (χ3v) is 7.77. The SMILES string of the molecule is CC(C)c1cnc(O[C@H]2C[C@H]3CN(S(=O)(=O)c4ccc(C(F)(F)F)cc4)CCN3C2)cn1. The lowest BCUT2D eigenvalue weighted by Gasteiger charge is -2.36. The highest BCUT2D eigenvalue weighted by molar-refractivity contribution is 7.89. The van der Waals surface area contributed by atoms with Crippen LogP contribution in [-0.4, -0.2) is 65.9 Å². The van der Waals surface area contributed by atoms with E-state index in [0.29, 0.717) is 25.4 Å². The third-order valence-electron chi connectivity index (χ3n) is 5.89. The van der Waals surface area contributed by atoms with Gasteiger partial charge in [0.1, 0.15) is 6.10 Å². The van der Waals surface area contributed by atoms with Crippen LogP contribution in [0.3, 0.4) is 0 Å². The van der Waals surface area contributed by atoms with E-state index >= 15 is 0 Å². The molecule has 0 N–H and O–H groups in total. The van der Waals surface area contributed by atoms with E-state index in [-0.39, 0.29) is 36.0 Å². The number of alkyl halides is 3. The second-order valence-electron chi connectivity index (χ2n) is 8.44. The van der Waals surface area contributed by atoms with Crippen LogP contribution in [0.5, 0.6) is 5.88 Å². The van der Waals surface area contributed by atoms with Gasteiger partial charge in [0.05, 0.1) is 28.5 Å². The first kappa shape index (κ1) is 22.9. The largest absolute Gasteiger partial charge is 0.472 e. The van der Waals surface area contributed by atoms with Crippen molar-refractivity contribution in [3.63, 3.8) is 0 Å². The molecule has 2 saturated heterocycles. The Kier molecular flexibility index (Phi) is 6.17. The summed E-state index contributed by atoms with van der Waals surface area (Å²) in [5.41, 5.74) is 0.00638. The normalized spacial score (nSPS) is 22.8. The minimum atomic E-state index is -4.51. The van der Waals surface area contributed by atoms with E-state index in [0.717, 1.165) is 30.0 Å². The van der Waals surface area contributed by atoms with Crippen molar-refractivity contribution < 1.29 is 26.3 Å². The van der Waals surface area contributed by atoms with Crippen molar-refractivity contribution in [3.05, 3.63) is 47.9 Å². The summed E-state index contributed by atoms with van der Waals surface area (Å²) < 4.78 is 71.6. The number of rotatable bonds is 5. The second kappa shape index (κ2) is 8.60. The van der Waals surface area contributed by atoms with Crippen molar-refractivity contribution in [2.75, 3.05) is 26.2 Å². The third kappa shape index (κ3) is 4.74. The molecule has 0 radical (unpaired) electrons. The summed E-state index contributed by atoms with van der Waals surface area (Å²) in [6.45, 7) is 5.79. The molecule has 174 valence electrons. The van der Waals surface area contributed by atoms with Gasteiger partial charge in [-0.05, 0) is 30.2 Å². The maximum absolute atomic E-state index is 13.0. The number of sulfonamides is 1. The van der Waals surface area contributed by atoms with Gasteiger partial charge in [0, 0.05) is 38.6 Å². The molecule has 7 nitrogen and oxygen atoms in total. The second-order valence-corrected chi connectivity index (χ2v) is 10.4. The van der Waals surface area contributed by atoms with Crippen molar-refractivity contribution in [1.82, 2.24) is 19.2 Å². The average molecular weight is 471 g/mol. The van der Waals surface area contributed by atoms with Crippen molar-refractivity contribution >= 4 is 10.0 Å². The molecular formula is C21H25F3N4O3S. The molecular weight excluding hydrogens is 445 g/mol. The highest BCUT2D eigenvalue weighted by atomic mass is 32.2. The number of fused-ring (bicyclic) bond motifs is 1. The molecule has 2 aromatic rings. The number of nitrogens with zero attached hydrogens (tertiary/aromatic N) is 4. The molecule has 11 heteroatoms. The van der Waals surface area contributed by atoms with Gasteiger partial charge in [0.25, 0.3) is 0 Å². The average Bonchev–Trinajstić information content (AvgIpc) is 3.15. The summed E-state index contributed by atoms with van der Waals surface area (Å²) in [6.07, 6.45) is -0.707. The molecule has 2 atom stereocenters. The predicted molar refractivity (Wildman–Crippen MR) is 111 cm³/mol. The molecule has 0 unspecified atom stereocenters. The van der Waals surface area contributed by atoms with Crippen LogP contribution < -0.4 is 4.74 Å². The lowest BCUT2D eigenvalue weighted by Crippen LogP contribution is -2.51. The molecule has 1 aromatic carbocycles. The summed E-state index contributed by atoms with van der Waals surface area (Å²) in [7, 11) is -3.88. The molecule has 32 heavy (non-hydrogen) atoms. The molecule has 2 aliphatic rings. The zero-order valence-corrected chi connectivity index (χ0v) is 18.6. The first-order valence-electron chi connectivity index (χ1n) is 10.4. The van der Waals surface area contributed by atoms with Crippen LogP contribution in [0.4, 0.5) is 13.2 Å². The molecule has 0 aliphatic carbocycles. The van der Waals surface area contributed by atoms with Crippen LogP contribution in [-0.2, 0) is 16.2 Å². The van der Waals surface area contributed by atoms with E-state index in [1.807, 2.05) is 13.8 Å². The molecule has 0 bridgehead atoms.